The number of ketones is 1. The molecule has 1 aliphatic carbocycles. The van der Waals surface area contributed by atoms with Gasteiger partial charge < -0.3 is 4.43 Å². The van der Waals surface area contributed by atoms with Crippen molar-refractivity contribution in [3.05, 3.63) is 60.7 Å². The fourth-order valence-electron chi connectivity index (χ4n) is 4.42. The van der Waals surface area contributed by atoms with Gasteiger partial charge in [-0.15, -0.1) is 0 Å². The lowest BCUT2D eigenvalue weighted by Gasteiger charge is -2.45. The van der Waals surface area contributed by atoms with E-state index in [1.165, 1.54) is 10.4 Å². The van der Waals surface area contributed by atoms with Gasteiger partial charge in [0.05, 0.1) is 0 Å². The summed E-state index contributed by atoms with van der Waals surface area (Å²) in [5.41, 5.74) is -0.356. The number of benzene rings is 2. The Morgan fingerprint density at radius 1 is 0.926 bits per heavy atom. The number of carbonyl (C=O) groups excluding carboxylic acids is 1. The largest absolute Gasteiger partial charge is 0.406 e. The van der Waals surface area contributed by atoms with Crippen LogP contribution in [0.1, 0.15) is 53.4 Å². The van der Waals surface area contributed by atoms with Crippen LogP contribution in [0.15, 0.2) is 60.7 Å². The van der Waals surface area contributed by atoms with Crippen molar-refractivity contribution in [3.8, 4) is 0 Å². The van der Waals surface area contributed by atoms with Gasteiger partial charge in [-0.3, -0.25) is 4.79 Å². The van der Waals surface area contributed by atoms with Crippen LogP contribution < -0.4 is 10.4 Å². The van der Waals surface area contributed by atoms with Crippen LogP contribution in [-0.2, 0) is 9.22 Å². The molecule has 0 aliphatic heterocycles. The van der Waals surface area contributed by atoms with Crippen molar-refractivity contribution >= 4 is 24.5 Å². The molecule has 1 saturated carbocycles. The maximum absolute atomic E-state index is 12.7. The van der Waals surface area contributed by atoms with Crippen LogP contribution in [-0.4, -0.2) is 20.7 Å². The van der Waals surface area contributed by atoms with E-state index in [9.17, 15) is 4.79 Å². The molecule has 0 heterocycles. The third-order valence-corrected chi connectivity index (χ3v) is 11.1. The van der Waals surface area contributed by atoms with Gasteiger partial charge in [0, 0.05) is 18.4 Å². The zero-order valence-electron chi connectivity index (χ0n) is 17.1. The van der Waals surface area contributed by atoms with Crippen molar-refractivity contribution in [1.29, 1.82) is 0 Å². The molecule has 0 N–H and O–H groups in total. The van der Waals surface area contributed by atoms with E-state index in [1.54, 1.807) is 0 Å². The molecule has 0 aromatic heterocycles. The molecule has 2 aromatic rings. The quantitative estimate of drug-likeness (QED) is 0.702. The van der Waals surface area contributed by atoms with Gasteiger partial charge in [0.1, 0.15) is 5.78 Å². The first kappa shape index (κ1) is 20.0. The van der Waals surface area contributed by atoms with Crippen LogP contribution in [0.25, 0.3) is 0 Å². The molecule has 2 nitrogen and oxygen atoms in total. The molecule has 1 fully saturated rings. The number of hydrogen-bond acceptors (Lipinski definition) is 2. The first-order chi connectivity index (χ1) is 12.8. The third kappa shape index (κ3) is 3.81. The minimum Gasteiger partial charge on any atom is -0.406 e. The average molecular weight is 381 g/mol. The van der Waals surface area contributed by atoms with Crippen molar-refractivity contribution < 1.29 is 9.22 Å². The summed E-state index contributed by atoms with van der Waals surface area (Å²) in [6.07, 6.45) is 3.77. The predicted octanol–water partition coefficient (Wildman–Crippen LogP) is 4.71. The van der Waals surface area contributed by atoms with E-state index in [0.717, 1.165) is 19.3 Å². The average Bonchev–Trinajstić information content (AvgIpc) is 2.65. The van der Waals surface area contributed by atoms with E-state index in [0.29, 0.717) is 18.8 Å². The molecule has 0 spiro atoms. The summed E-state index contributed by atoms with van der Waals surface area (Å²) in [5, 5.41) is 2.50. The van der Waals surface area contributed by atoms with Gasteiger partial charge >= 0.3 is 0 Å². The van der Waals surface area contributed by atoms with Gasteiger partial charge in [-0.1, -0.05) is 94.8 Å². The monoisotopic (exact) mass is 380 g/mol. The molecule has 0 bridgehead atoms. The van der Waals surface area contributed by atoms with Crippen molar-refractivity contribution in [2.24, 2.45) is 5.41 Å². The highest BCUT2D eigenvalue weighted by molar-refractivity contribution is 6.99. The maximum atomic E-state index is 12.7. The molecule has 2 aromatic carbocycles. The summed E-state index contributed by atoms with van der Waals surface area (Å²) in [7, 11) is -2.56. The van der Waals surface area contributed by atoms with Gasteiger partial charge in [-0.2, -0.15) is 0 Å². The lowest BCUT2D eigenvalue weighted by atomic mass is 9.75. The fourth-order valence-corrected chi connectivity index (χ4v) is 9.11. The number of Topliss-reactive ketones (excluding diaryl/α,β-unsaturated/α-hetero) is 1. The van der Waals surface area contributed by atoms with Crippen molar-refractivity contribution in [3.63, 3.8) is 0 Å². The van der Waals surface area contributed by atoms with E-state index in [4.69, 9.17) is 4.43 Å². The minimum absolute atomic E-state index is 0.0518. The number of rotatable bonds is 5. The molecular weight excluding hydrogens is 348 g/mol. The Hall–Kier alpha value is -1.71. The third-order valence-electron chi connectivity index (χ3n) is 6.08. The van der Waals surface area contributed by atoms with E-state index in [-0.39, 0.29) is 10.5 Å². The van der Waals surface area contributed by atoms with Crippen LogP contribution in [0.5, 0.6) is 0 Å². The van der Waals surface area contributed by atoms with Crippen LogP contribution in [0.2, 0.25) is 5.04 Å². The molecule has 0 radical (unpaired) electrons. The molecule has 144 valence electrons. The minimum atomic E-state index is -2.56. The normalized spacial score (nSPS) is 21.3. The van der Waals surface area contributed by atoms with E-state index in [2.05, 4.69) is 88.4 Å². The SMILES string of the molecule is CC(C)(C)[Si](OC[C@@]1(C)CCCCC1=O)(c1ccccc1)c1ccccc1. The Kier molecular flexibility index (Phi) is 5.73. The topological polar surface area (TPSA) is 26.3 Å². The highest BCUT2D eigenvalue weighted by Gasteiger charge is 2.51. The lowest BCUT2D eigenvalue weighted by molar-refractivity contribution is -0.132. The Balaban J connectivity index is 2.08. The standard InChI is InChI=1S/C24H32O2Si/c1-23(2,3)27(20-13-7-5-8-14-20,21-15-9-6-10-16-21)26-19-24(4)18-12-11-17-22(24)25/h5-10,13-16H,11-12,17-19H2,1-4H3/t24-/m1/s1. The molecule has 0 saturated heterocycles. The summed E-state index contributed by atoms with van der Waals surface area (Å²) < 4.78 is 7.00. The molecule has 0 amide bonds. The van der Waals surface area contributed by atoms with Crippen molar-refractivity contribution in [2.45, 2.75) is 58.4 Å². The molecular formula is C24H32O2Si. The summed E-state index contributed by atoms with van der Waals surface area (Å²) in [6, 6.07) is 21.3. The van der Waals surface area contributed by atoms with Crippen LogP contribution in [0.4, 0.5) is 0 Å². The molecule has 3 heteroatoms. The second kappa shape index (κ2) is 7.73. The molecule has 1 aliphatic rings. The molecule has 1 atom stereocenters. The van der Waals surface area contributed by atoms with Crippen LogP contribution in [0, 0.1) is 5.41 Å². The van der Waals surface area contributed by atoms with Gasteiger partial charge in [0.25, 0.3) is 8.32 Å². The van der Waals surface area contributed by atoms with Gasteiger partial charge in [-0.25, -0.2) is 0 Å². The molecule has 27 heavy (non-hydrogen) atoms. The van der Waals surface area contributed by atoms with Gasteiger partial charge in [-0.05, 0) is 28.3 Å². The van der Waals surface area contributed by atoms with Gasteiger partial charge in [0.2, 0.25) is 0 Å². The summed E-state index contributed by atoms with van der Waals surface area (Å²) >= 11 is 0. The highest BCUT2D eigenvalue weighted by atomic mass is 28.4. The highest BCUT2D eigenvalue weighted by Crippen LogP contribution is 2.40. The van der Waals surface area contributed by atoms with Crippen LogP contribution >= 0.6 is 0 Å². The van der Waals surface area contributed by atoms with Gasteiger partial charge in [0.15, 0.2) is 0 Å². The summed E-state index contributed by atoms with van der Waals surface area (Å²) in [5.74, 6) is 0.367. The molecule has 3 rings (SSSR count). The number of hydrogen-bond donors (Lipinski definition) is 0. The Morgan fingerprint density at radius 2 is 1.44 bits per heavy atom. The second-order valence-electron chi connectivity index (χ2n) is 9.14. The smallest absolute Gasteiger partial charge is 0.261 e. The van der Waals surface area contributed by atoms with Crippen molar-refractivity contribution in [1.82, 2.24) is 0 Å². The second-order valence-corrected chi connectivity index (χ2v) is 13.4. The predicted molar refractivity (Wildman–Crippen MR) is 115 cm³/mol. The van der Waals surface area contributed by atoms with E-state index < -0.39 is 8.32 Å². The van der Waals surface area contributed by atoms with Crippen LogP contribution in [0.3, 0.4) is 0 Å². The lowest BCUT2D eigenvalue weighted by Crippen LogP contribution is -2.67. The van der Waals surface area contributed by atoms with E-state index in [1.807, 2.05) is 0 Å². The molecule has 0 unspecified atom stereocenters. The Bertz CT molecular complexity index is 724. The zero-order valence-corrected chi connectivity index (χ0v) is 18.1. The number of carbonyl (C=O) groups is 1. The summed E-state index contributed by atoms with van der Waals surface area (Å²) in [6.45, 7) is 9.46. The Labute approximate surface area is 165 Å². The first-order valence-electron chi connectivity index (χ1n) is 10.1. The first-order valence-corrected chi connectivity index (χ1v) is 12.0. The maximum Gasteiger partial charge on any atom is 0.261 e. The summed E-state index contributed by atoms with van der Waals surface area (Å²) in [4.78, 5) is 12.7. The van der Waals surface area contributed by atoms with Crippen molar-refractivity contribution in [2.75, 3.05) is 6.61 Å². The zero-order chi connectivity index (χ0) is 19.5. The fraction of sp³-hybridized carbons (Fsp3) is 0.458. The Morgan fingerprint density at radius 3 is 1.89 bits per heavy atom. The van der Waals surface area contributed by atoms with E-state index >= 15 is 0 Å².